The first kappa shape index (κ1) is 24.0. The third-order valence-electron chi connectivity index (χ3n) is 4.59. The molecule has 1 unspecified atom stereocenters. The Bertz CT molecular complexity index is 614. The molecule has 0 radical (unpaired) electrons. The van der Waals surface area contributed by atoms with Crippen molar-refractivity contribution in [1.29, 1.82) is 0 Å². The summed E-state index contributed by atoms with van der Waals surface area (Å²) >= 11 is 1.81. The molecule has 0 bridgehead atoms. The summed E-state index contributed by atoms with van der Waals surface area (Å²) in [6.45, 7) is 4.29. The van der Waals surface area contributed by atoms with Crippen molar-refractivity contribution in [3.8, 4) is 0 Å². The Balaban J connectivity index is 0.00000364. The van der Waals surface area contributed by atoms with E-state index in [0.717, 1.165) is 57.3 Å². The van der Waals surface area contributed by atoms with Gasteiger partial charge < -0.3 is 16.4 Å². The van der Waals surface area contributed by atoms with Crippen molar-refractivity contribution in [3.05, 3.63) is 35.4 Å². The number of likely N-dealkylation sites (tertiary alicyclic amines) is 1. The molecule has 1 atom stereocenters. The van der Waals surface area contributed by atoms with Gasteiger partial charge in [-0.2, -0.15) is 11.8 Å². The topological polar surface area (TPSA) is 82.8 Å². The number of rotatable bonds is 8. The number of aliphatic imine (C=N–C) groups is 1. The summed E-state index contributed by atoms with van der Waals surface area (Å²) < 4.78 is 0. The van der Waals surface area contributed by atoms with Crippen LogP contribution in [0.4, 0.5) is 0 Å². The molecule has 1 amide bonds. The van der Waals surface area contributed by atoms with E-state index in [9.17, 15) is 4.79 Å². The first-order valence-corrected chi connectivity index (χ1v) is 10.5. The number of primary amides is 1. The van der Waals surface area contributed by atoms with Crippen molar-refractivity contribution in [2.45, 2.75) is 25.9 Å². The lowest BCUT2D eigenvalue weighted by Gasteiger charge is -2.31. The average molecular weight is 505 g/mol. The number of amides is 1. The fraction of sp³-hybridized carbons (Fsp3) is 0.579. The van der Waals surface area contributed by atoms with Crippen LogP contribution in [0.2, 0.25) is 0 Å². The molecule has 0 saturated carbocycles. The SMILES string of the molecule is CN=C(NCCSC)NCc1cccc(CN2CCCC(C(N)=O)C2)c1.I. The minimum absolute atomic E-state index is 0. The van der Waals surface area contributed by atoms with E-state index in [1.54, 1.807) is 7.05 Å². The minimum atomic E-state index is -0.173. The van der Waals surface area contributed by atoms with E-state index in [0.29, 0.717) is 0 Å². The van der Waals surface area contributed by atoms with Crippen LogP contribution in [-0.2, 0) is 17.9 Å². The van der Waals surface area contributed by atoms with Crippen molar-refractivity contribution in [2.75, 3.05) is 38.7 Å². The predicted molar refractivity (Wildman–Crippen MR) is 126 cm³/mol. The predicted octanol–water partition coefficient (Wildman–Crippen LogP) is 2.03. The van der Waals surface area contributed by atoms with Crippen LogP contribution in [-0.4, -0.2) is 55.5 Å². The molecule has 0 aliphatic carbocycles. The molecule has 0 aromatic heterocycles. The first-order chi connectivity index (χ1) is 12.6. The Morgan fingerprint density at radius 3 is 2.85 bits per heavy atom. The largest absolute Gasteiger partial charge is 0.369 e. The van der Waals surface area contributed by atoms with Gasteiger partial charge in [0, 0.05) is 39.0 Å². The molecular formula is C19H32IN5OS. The van der Waals surface area contributed by atoms with Gasteiger partial charge >= 0.3 is 0 Å². The maximum Gasteiger partial charge on any atom is 0.221 e. The van der Waals surface area contributed by atoms with Crippen LogP contribution in [0.1, 0.15) is 24.0 Å². The Morgan fingerprint density at radius 2 is 2.15 bits per heavy atom. The summed E-state index contributed by atoms with van der Waals surface area (Å²) in [6, 6.07) is 8.57. The molecule has 0 spiro atoms. The van der Waals surface area contributed by atoms with Gasteiger partial charge in [-0.25, -0.2) is 0 Å². The van der Waals surface area contributed by atoms with E-state index in [2.05, 4.69) is 51.0 Å². The molecule has 152 valence electrons. The Labute approximate surface area is 184 Å². The highest BCUT2D eigenvalue weighted by atomic mass is 127. The summed E-state index contributed by atoms with van der Waals surface area (Å²) in [5, 5.41) is 6.65. The molecule has 27 heavy (non-hydrogen) atoms. The Hall–Kier alpha value is -1.00. The smallest absolute Gasteiger partial charge is 0.221 e. The second-order valence-electron chi connectivity index (χ2n) is 6.64. The van der Waals surface area contributed by atoms with Crippen molar-refractivity contribution in [2.24, 2.45) is 16.6 Å². The summed E-state index contributed by atoms with van der Waals surface area (Å²) in [5.74, 6) is 1.69. The molecule has 1 aliphatic heterocycles. The first-order valence-electron chi connectivity index (χ1n) is 9.15. The zero-order valence-electron chi connectivity index (χ0n) is 16.2. The van der Waals surface area contributed by atoms with Gasteiger partial charge in [-0.3, -0.25) is 14.7 Å². The molecule has 1 fully saturated rings. The highest BCUT2D eigenvalue weighted by Gasteiger charge is 2.23. The van der Waals surface area contributed by atoms with Crippen LogP contribution in [0.15, 0.2) is 29.3 Å². The van der Waals surface area contributed by atoms with Gasteiger partial charge in [-0.1, -0.05) is 24.3 Å². The Kier molecular flexibility index (Phi) is 11.8. The number of halogens is 1. The lowest BCUT2D eigenvalue weighted by molar-refractivity contribution is -0.123. The number of carbonyl (C=O) groups is 1. The number of benzene rings is 1. The number of carbonyl (C=O) groups excluding carboxylic acids is 1. The summed E-state index contributed by atoms with van der Waals surface area (Å²) in [7, 11) is 1.79. The monoisotopic (exact) mass is 505 g/mol. The van der Waals surface area contributed by atoms with E-state index in [1.807, 2.05) is 11.8 Å². The average Bonchev–Trinajstić information content (AvgIpc) is 2.65. The number of nitrogens with zero attached hydrogens (tertiary/aromatic N) is 2. The van der Waals surface area contributed by atoms with Gasteiger partial charge in [0.25, 0.3) is 0 Å². The molecule has 4 N–H and O–H groups in total. The van der Waals surface area contributed by atoms with E-state index in [4.69, 9.17) is 5.73 Å². The van der Waals surface area contributed by atoms with Crippen LogP contribution in [0.5, 0.6) is 0 Å². The van der Waals surface area contributed by atoms with Crippen LogP contribution >= 0.6 is 35.7 Å². The molecule has 8 heteroatoms. The van der Waals surface area contributed by atoms with Crippen molar-refractivity contribution in [3.63, 3.8) is 0 Å². The summed E-state index contributed by atoms with van der Waals surface area (Å²) in [5.41, 5.74) is 7.96. The van der Waals surface area contributed by atoms with Crippen molar-refractivity contribution >= 4 is 47.6 Å². The second kappa shape index (κ2) is 13.2. The number of hydrogen-bond donors (Lipinski definition) is 3. The molecule has 2 rings (SSSR count). The van der Waals surface area contributed by atoms with Gasteiger partial charge in [0.05, 0.1) is 5.92 Å². The number of piperidine rings is 1. The number of guanidine groups is 1. The maximum atomic E-state index is 11.4. The van der Waals surface area contributed by atoms with Gasteiger partial charge in [0.15, 0.2) is 5.96 Å². The maximum absolute atomic E-state index is 11.4. The molecule has 6 nitrogen and oxygen atoms in total. The molecule has 1 saturated heterocycles. The summed E-state index contributed by atoms with van der Waals surface area (Å²) in [6.07, 6.45) is 4.04. The summed E-state index contributed by atoms with van der Waals surface area (Å²) in [4.78, 5) is 18.0. The number of hydrogen-bond acceptors (Lipinski definition) is 4. The normalized spacial score (nSPS) is 17.9. The van der Waals surface area contributed by atoms with Gasteiger partial charge in [0.1, 0.15) is 0 Å². The van der Waals surface area contributed by atoms with Crippen LogP contribution in [0.25, 0.3) is 0 Å². The molecular weight excluding hydrogens is 473 g/mol. The van der Waals surface area contributed by atoms with Crippen molar-refractivity contribution < 1.29 is 4.79 Å². The minimum Gasteiger partial charge on any atom is -0.369 e. The number of nitrogens with two attached hydrogens (primary N) is 1. The van der Waals surface area contributed by atoms with E-state index in [1.165, 1.54) is 11.1 Å². The molecule has 1 aromatic rings. The van der Waals surface area contributed by atoms with E-state index in [-0.39, 0.29) is 35.8 Å². The van der Waals surface area contributed by atoms with Crippen LogP contribution in [0, 0.1) is 5.92 Å². The lowest BCUT2D eigenvalue weighted by Crippen LogP contribution is -2.40. The standard InChI is InChI=1S/C19H31N5OS.HI/c1-21-19(22-8-10-26-2)23-12-15-5-3-6-16(11-15)13-24-9-4-7-17(14-24)18(20)25;/h3,5-6,11,17H,4,7-10,12-14H2,1-2H3,(H2,20,25)(H2,21,22,23);1H. The molecule has 1 heterocycles. The lowest BCUT2D eigenvalue weighted by atomic mass is 9.97. The zero-order valence-corrected chi connectivity index (χ0v) is 19.4. The Morgan fingerprint density at radius 1 is 1.37 bits per heavy atom. The zero-order chi connectivity index (χ0) is 18.8. The number of thioether (sulfide) groups is 1. The third kappa shape index (κ3) is 8.69. The quantitative estimate of drug-likeness (QED) is 0.218. The van der Waals surface area contributed by atoms with Gasteiger partial charge in [-0.15, -0.1) is 24.0 Å². The van der Waals surface area contributed by atoms with Crippen LogP contribution in [0.3, 0.4) is 0 Å². The highest BCUT2D eigenvalue weighted by Crippen LogP contribution is 2.18. The van der Waals surface area contributed by atoms with Gasteiger partial charge in [-0.05, 0) is 36.8 Å². The third-order valence-corrected chi connectivity index (χ3v) is 5.20. The molecule has 1 aliphatic rings. The number of nitrogens with one attached hydrogen (secondary N) is 2. The van der Waals surface area contributed by atoms with E-state index >= 15 is 0 Å². The fourth-order valence-electron chi connectivity index (χ4n) is 3.21. The molecule has 1 aromatic carbocycles. The van der Waals surface area contributed by atoms with Crippen LogP contribution < -0.4 is 16.4 Å². The highest BCUT2D eigenvalue weighted by molar-refractivity contribution is 14.0. The second-order valence-corrected chi connectivity index (χ2v) is 7.63. The van der Waals surface area contributed by atoms with E-state index < -0.39 is 0 Å². The van der Waals surface area contributed by atoms with Gasteiger partial charge in [0.2, 0.25) is 5.91 Å². The fourth-order valence-corrected chi connectivity index (χ4v) is 3.51. The van der Waals surface area contributed by atoms with Crippen molar-refractivity contribution in [1.82, 2.24) is 15.5 Å².